The lowest BCUT2D eigenvalue weighted by atomic mass is 10.2. The fourth-order valence-corrected chi connectivity index (χ4v) is 0.893. The molecule has 0 aliphatic carbocycles. The molecule has 1 heterocycles. The minimum atomic E-state index is 0.306. The zero-order chi connectivity index (χ0) is 9.84. The Labute approximate surface area is 78.5 Å². The van der Waals surface area contributed by atoms with Crippen LogP contribution in [0.4, 0.5) is 0 Å². The van der Waals surface area contributed by atoms with E-state index in [4.69, 9.17) is 5.73 Å². The van der Waals surface area contributed by atoms with Crippen LogP contribution in [0.25, 0.3) is 0 Å². The van der Waals surface area contributed by atoms with Crippen molar-refractivity contribution in [1.82, 2.24) is 9.55 Å². The molecular weight excluding hydrogens is 164 g/mol. The second kappa shape index (κ2) is 4.07. The maximum absolute atomic E-state index is 5.70. The topological polar surface area (TPSA) is 56.2 Å². The Balaban J connectivity index is 2.61. The van der Waals surface area contributed by atoms with Crippen molar-refractivity contribution in [3.63, 3.8) is 0 Å². The molecule has 1 rings (SSSR count). The fraction of sp³-hybridized carbons (Fsp3) is 0.556. The quantitative estimate of drug-likeness (QED) is 0.555. The van der Waals surface area contributed by atoms with E-state index in [1.807, 2.05) is 31.7 Å². The van der Waals surface area contributed by atoms with Crippen LogP contribution >= 0.6 is 0 Å². The van der Waals surface area contributed by atoms with Gasteiger partial charge in [-0.25, -0.2) is 4.98 Å². The van der Waals surface area contributed by atoms with Crippen LogP contribution in [0.5, 0.6) is 0 Å². The van der Waals surface area contributed by atoms with E-state index in [1.54, 1.807) is 6.20 Å². The van der Waals surface area contributed by atoms with Crippen LogP contribution in [0.3, 0.4) is 0 Å². The summed E-state index contributed by atoms with van der Waals surface area (Å²) in [5.41, 5.74) is 5.70. The van der Waals surface area contributed by atoms with Gasteiger partial charge in [-0.3, -0.25) is 4.99 Å². The smallest absolute Gasteiger partial charge is 0.130 e. The van der Waals surface area contributed by atoms with E-state index in [0.717, 1.165) is 5.82 Å². The standard InChI is InChI=1S/C9H16N4/c1-7(2)9(10)12-6-8-11-4-5-13(8)3/h4-5,7H,6H2,1-3H3,(H2,10,12). The molecule has 2 N–H and O–H groups in total. The molecule has 0 unspecified atom stereocenters. The largest absolute Gasteiger partial charge is 0.387 e. The predicted octanol–water partition coefficient (Wildman–Crippen LogP) is 0.933. The van der Waals surface area contributed by atoms with Crippen molar-refractivity contribution in [1.29, 1.82) is 0 Å². The highest BCUT2D eigenvalue weighted by molar-refractivity contribution is 5.82. The first-order chi connectivity index (χ1) is 6.11. The Bertz CT molecular complexity index is 298. The average Bonchev–Trinajstić information content (AvgIpc) is 2.47. The van der Waals surface area contributed by atoms with Crippen molar-refractivity contribution in [2.45, 2.75) is 20.4 Å². The number of nitrogens with two attached hydrogens (primary N) is 1. The maximum Gasteiger partial charge on any atom is 0.130 e. The monoisotopic (exact) mass is 180 g/mol. The van der Waals surface area contributed by atoms with Crippen LogP contribution < -0.4 is 5.73 Å². The van der Waals surface area contributed by atoms with Gasteiger partial charge in [0.2, 0.25) is 0 Å². The molecule has 0 amide bonds. The van der Waals surface area contributed by atoms with E-state index in [0.29, 0.717) is 18.3 Å². The molecule has 0 aliphatic heterocycles. The Morgan fingerprint density at radius 1 is 1.69 bits per heavy atom. The maximum atomic E-state index is 5.70. The summed E-state index contributed by atoms with van der Waals surface area (Å²) in [6, 6.07) is 0. The number of imidazole rings is 1. The van der Waals surface area contributed by atoms with Crippen LogP contribution in [0.15, 0.2) is 17.4 Å². The van der Waals surface area contributed by atoms with Crippen molar-refractivity contribution in [2.75, 3.05) is 0 Å². The molecule has 0 saturated carbocycles. The lowest BCUT2D eigenvalue weighted by molar-refractivity contribution is 0.780. The van der Waals surface area contributed by atoms with Crippen LogP contribution in [0.1, 0.15) is 19.7 Å². The lowest BCUT2D eigenvalue weighted by Gasteiger charge is -2.03. The van der Waals surface area contributed by atoms with Gasteiger partial charge in [-0.05, 0) is 0 Å². The third kappa shape index (κ3) is 2.57. The molecule has 1 aromatic heterocycles. The number of amidine groups is 1. The number of rotatable bonds is 3. The summed E-state index contributed by atoms with van der Waals surface area (Å²) in [5.74, 6) is 1.92. The molecular formula is C9H16N4. The van der Waals surface area contributed by atoms with Gasteiger partial charge in [-0.2, -0.15) is 0 Å². The first kappa shape index (κ1) is 9.77. The van der Waals surface area contributed by atoms with Gasteiger partial charge in [-0.15, -0.1) is 0 Å². The van der Waals surface area contributed by atoms with Crippen molar-refractivity contribution in [3.05, 3.63) is 18.2 Å². The van der Waals surface area contributed by atoms with Gasteiger partial charge in [0.15, 0.2) is 0 Å². The summed E-state index contributed by atoms with van der Waals surface area (Å²) in [7, 11) is 1.95. The fourth-order valence-electron chi connectivity index (χ4n) is 0.893. The molecule has 72 valence electrons. The number of aliphatic imine (C=N–C) groups is 1. The first-order valence-electron chi connectivity index (χ1n) is 4.37. The van der Waals surface area contributed by atoms with Gasteiger partial charge in [0.1, 0.15) is 5.82 Å². The zero-order valence-electron chi connectivity index (χ0n) is 8.36. The van der Waals surface area contributed by atoms with E-state index in [-0.39, 0.29) is 0 Å². The highest BCUT2D eigenvalue weighted by Crippen LogP contribution is 1.98. The van der Waals surface area contributed by atoms with Gasteiger partial charge < -0.3 is 10.3 Å². The summed E-state index contributed by atoms with van der Waals surface area (Å²) in [4.78, 5) is 8.39. The van der Waals surface area contributed by atoms with Gasteiger partial charge in [-0.1, -0.05) is 13.8 Å². The molecule has 0 spiro atoms. The Morgan fingerprint density at radius 3 is 2.85 bits per heavy atom. The summed E-state index contributed by atoms with van der Waals surface area (Å²) in [5, 5.41) is 0. The molecule has 0 fully saturated rings. The first-order valence-corrected chi connectivity index (χ1v) is 4.37. The van der Waals surface area contributed by atoms with Crippen LogP contribution in [0, 0.1) is 5.92 Å². The molecule has 0 bridgehead atoms. The summed E-state index contributed by atoms with van der Waals surface area (Å²) in [6.45, 7) is 4.61. The van der Waals surface area contributed by atoms with Crippen molar-refractivity contribution >= 4 is 5.84 Å². The molecule has 0 aliphatic rings. The number of aryl methyl sites for hydroxylation is 1. The van der Waals surface area contributed by atoms with E-state index in [1.165, 1.54) is 0 Å². The Kier molecular flexibility index (Phi) is 3.06. The molecule has 0 radical (unpaired) electrons. The number of nitrogens with zero attached hydrogens (tertiary/aromatic N) is 3. The van der Waals surface area contributed by atoms with Crippen molar-refractivity contribution < 1.29 is 0 Å². The lowest BCUT2D eigenvalue weighted by Crippen LogP contribution is -2.19. The molecule has 4 nitrogen and oxygen atoms in total. The van der Waals surface area contributed by atoms with Gasteiger partial charge in [0.25, 0.3) is 0 Å². The Morgan fingerprint density at radius 2 is 2.38 bits per heavy atom. The third-order valence-electron chi connectivity index (χ3n) is 1.92. The molecule has 0 aromatic carbocycles. The highest BCUT2D eigenvalue weighted by Gasteiger charge is 2.00. The summed E-state index contributed by atoms with van der Waals surface area (Å²) < 4.78 is 1.94. The van der Waals surface area contributed by atoms with E-state index in [2.05, 4.69) is 9.98 Å². The molecule has 4 heteroatoms. The zero-order valence-corrected chi connectivity index (χ0v) is 8.36. The van der Waals surface area contributed by atoms with Gasteiger partial charge in [0, 0.05) is 25.4 Å². The minimum Gasteiger partial charge on any atom is -0.387 e. The molecule has 1 aromatic rings. The Hall–Kier alpha value is -1.32. The van der Waals surface area contributed by atoms with Crippen molar-refractivity contribution in [2.24, 2.45) is 23.7 Å². The number of hydrogen-bond acceptors (Lipinski definition) is 2. The summed E-state index contributed by atoms with van der Waals surface area (Å²) >= 11 is 0. The van der Waals surface area contributed by atoms with Gasteiger partial charge >= 0.3 is 0 Å². The average molecular weight is 180 g/mol. The van der Waals surface area contributed by atoms with Gasteiger partial charge in [0.05, 0.1) is 12.4 Å². The van der Waals surface area contributed by atoms with Crippen LogP contribution in [-0.2, 0) is 13.6 Å². The predicted molar refractivity (Wildman–Crippen MR) is 53.4 cm³/mol. The minimum absolute atomic E-state index is 0.306. The van der Waals surface area contributed by atoms with Crippen molar-refractivity contribution in [3.8, 4) is 0 Å². The normalized spacial score (nSPS) is 12.5. The molecule has 0 saturated heterocycles. The number of hydrogen-bond donors (Lipinski definition) is 1. The van der Waals surface area contributed by atoms with E-state index >= 15 is 0 Å². The van der Waals surface area contributed by atoms with E-state index < -0.39 is 0 Å². The third-order valence-corrected chi connectivity index (χ3v) is 1.92. The molecule has 0 atom stereocenters. The van der Waals surface area contributed by atoms with E-state index in [9.17, 15) is 0 Å². The summed E-state index contributed by atoms with van der Waals surface area (Å²) in [6.07, 6.45) is 3.66. The second-order valence-electron chi connectivity index (χ2n) is 3.35. The highest BCUT2D eigenvalue weighted by atomic mass is 15.1. The number of aromatic nitrogens is 2. The molecule has 13 heavy (non-hydrogen) atoms. The van der Waals surface area contributed by atoms with Crippen LogP contribution in [0.2, 0.25) is 0 Å². The van der Waals surface area contributed by atoms with Crippen LogP contribution in [-0.4, -0.2) is 15.4 Å². The second-order valence-corrected chi connectivity index (χ2v) is 3.35. The SMILES string of the molecule is CC(C)C(N)=NCc1nccn1C.